The molecule has 0 amide bonds. The summed E-state index contributed by atoms with van der Waals surface area (Å²) < 4.78 is 0. The first-order valence-electron chi connectivity index (χ1n) is 5.91. The molecule has 7 heteroatoms. The molecule has 1 saturated carbocycles. The SMILES string of the molecule is Cl.N[C@@H](c1cc(O)ccc1[N+](=O)[O-])[C@H](O)C1CCC1. The van der Waals surface area contributed by atoms with Crippen LogP contribution in [0.2, 0.25) is 0 Å². The fourth-order valence-corrected chi connectivity index (χ4v) is 2.23. The number of phenols is 1. The number of aliphatic hydroxyl groups is 1. The number of hydrogen-bond donors (Lipinski definition) is 3. The number of nitrogens with two attached hydrogens (primary N) is 1. The number of nitrogens with zero attached hydrogens (tertiary/aromatic N) is 1. The van der Waals surface area contributed by atoms with Gasteiger partial charge in [0.2, 0.25) is 0 Å². The molecule has 1 aromatic carbocycles. The highest BCUT2D eigenvalue weighted by Crippen LogP contribution is 2.37. The summed E-state index contributed by atoms with van der Waals surface area (Å²) in [5.74, 6) is 0.00816. The van der Waals surface area contributed by atoms with Crippen LogP contribution in [0, 0.1) is 16.0 Å². The van der Waals surface area contributed by atoms with Crippen LogP contribution in [0.15, 0.2) is 18.2 Å². The van der Waals surface area contributed by atoms with E-state index in [2.05, 4.69) is 0 Å². The quantitative estimate of drug-likeness (QED) is 0.579. The van der Waals surface area contributed by atoms with Gasteiger partial charge in [0.05, 0.1) is 22.6 Å². The number of halogens is 1. The number of aliphatic hydroxyl groups excluding tert-OH is 1. The van der Waals surface area contributed by atoms with Crippen molar-refractivity contribution < 1.29 is 15.1 Å². The van der Waals surface area contributed by atoms with E-state index in [1.807, 2.05) is 0 Å². The van der Waals surface area contributed by atoms with E-state index >= 15 is 0 Å². The van der Waals surface area contributed by atoms with Crippen molar-refractivity contribution in [2.24, 2.45) is 11.7 Å². The van der Waals surface area contributed by atoms with Crippen LogP contribution < -0.4 is 5.73 Å². The monoisotopic (exact) mass is 288 g/mol. The molecule has 19 heavy (non-hydrogen) atoms. The number of benzene rings is 1. The van der Waals surface area contributed by atoms with E-state index < -0.39 is 17.1 Å². The molecule has 0 heterocycles. The maximum absolute atomic E-state index is 10.9. The minimum absolute atomic E-state index is 0. The van der Waals surface area contributed by atoms with Crippen LogP contribution in [-0.2, 0) is 0 Å². The van der Waals surface area contributed by atoms with E-state index in [0.29, 0.717) is 0 Å². The predicted octanol–water partition coefficient (Wildman–Crippen LogP) is 1.88. The summed E-state index contributed by atoms with van der Waals surface area (Å²) >= 11 is 0. The summed E-state index contributed by atoms with van der Waals surface area (Å²) in [4.78, 5) is 10.3. The molecule has 0 spiro atoms. The molecule has 2 atom stereocenters. The van der Waals surface area contributed by atoms with E-state index in [-0.39, 0.29) is 35.3 Å². The van der Waals surface area contributed by atoms with Gasteiger partial charge in [0.15, 0.2) is 0 Å². The molecule has 6 nitrogen and oxygen atoms in total. The maximum Gasteiger partial charge on any atom is 0.274 e. The van der Waals surface area contributed by atoms with Gasteiger partial charge in [0, 0.05) is 6.07 Å². The van der Waals surface area contributed by atoms with Crippen molar-refractivity contribution in [3.8, 4) is 5.75 Å². The van der Waals surface area contributed by atoms with Crippen LogP contribution in [-0.4, -0.2) is 21.2 Å². The van der Waals surface area contributed by atoms with Gasteiger partial charge in [-0.2, -0.15) is 0 Å². The fraction of sp³-hybridized carbons (Fsp3) is 0.500. The Morgan fingerprint density at radius 3 is 2.53 bits per heavy atom. The molecule has 1 aromatic rings. The number of nitro groups is 1. The lowest BCUT2D eigenvalue weighted by Gasteiger charge is -2.33. The van der Waals surface area contributed by atoms with Crippen LogP contribution in [0.3, 0.4) is 0 Å². The number of nitro benzene ring substituents is 1. The van der Waals surface area contributed by atoms with Crippen molar-refractivity contribution in [1.29, 1.82) is 0 Å². The lowest BCUT2D eigenvalue weighted by Crippen LogP contribution is -2.36. The summed E-state index contributed by atoms with van der Waals surface area (Å²) in [5.41, 5.74) is 5.90. The lowest BCUT2D eigenvalue weighted by atomic mass is 9.77. The summed E-state index contributed by atoms with van der Waals surface area (Å²) in [6.45, 7) is 0. The van der Waals surface area contributed by atoms with Gasteiger partial charge >= 0.3 is 0 Å². The van der Waals surface area contributed by atoms with Crippen molar-refractivity contribution in [2.75, 3.05) is 0 Å². The first kappa shape index (κ1) is 15.7. The van der Waals surface area contributed by atoms with Gasteiger partial charge in [-0.3, -0.25) is 10.1 Å². The summed E-state index contributed by atoms with van der Waals surface area (Å²) in [7, 11) is 0. The summed E-state index contributed by atoms with van der Waals surface area (Å²) in [5, 5.41) is 30.4. The highest BCUT2D eigenvalue weighted by molar-refractivity contribution is 5.85. The van der Waals surface area contributed by atoms with Gasteiger partial charge in [-0.25, -0.2) is 0 Å². The number of rotatable bonds is 4. The largest absolute Gasteiger partial charge is 0.508 e. The third-order valence-electron chi connectivity index (χ3n) is 3.57. The molecular weight excluding hydrogens is 272 g/mol. The van der Waals surface area contributed by atoms with Gasteiger partial charge in [-0.1, -0.05) is 6.42 Å². The molecule has 1 aliphatic carbocycles. The van der Waals surface area contributed by atoms with Crippen LogP contribution in [0.25, 0.3) is 0 Å². The number of aromatic hydroxyl groups is 1. The second-order valence-electron chi connectivity index (χ2n) is 4.71. The third kappa shape index (κ3) is 3.15. The zero-order chi connectivity index (χ0) is 13.3. The van der Waals surface area contributed by atoms with Crippen molar-refractivity contribution >= 4 is 18.1 Å². The van der Waals surface area contributed by atoms with Crippen LogP contribution in [0.4, 0.5) is 5.69 Å². The summed E-state index contributed by atoms with van der Waals surface area (Å²) in [6.07, 6.45) is 2.03. The zero-order valence-corrected chi connectivity index (χ0v) is 11.0. The Balaban J connectivity index is 0.00000180. The van der Waals surface area contributed by atoms with Gasteiger partial charge in [-0.05, 0) is 30.9 Å². The fourth-order valence-electron chi connectivity index (χ4n) is 2.23. The van der Waals surface area contributed by atoms with Crippen molar-refractivity contribution in [2.45, 2.75) is 31.4 Å². The highest BCUT2D eigenvalue weighted by atomic mass is 35.5. The molecule has 0 aromatic heterocycles. The van der Waals surface area contributed by atoms with E-state index in [1.165, 1.54) is 18.2 Å². The first-order valence-corrected chi connectivity index (χ1v) is 5.91. The Bertz CT molecular complexity index is 465. The van der Waals surface area contributed by atoms with E-state index in [1.54, 1.807) is 0 Å². The molecule has 1 aliphatic rings. The molecule has 0 saturated heterocycles. The predicted molar refractivity (Wildman–Crippen MR) is 72.3 cm³/mol. The summed E-state index contributed by atoms with van der Waals surface area (Å²) in [6, 6.07) is 2.86. The van der Waals surface area contributed by atoms with Gasteiger partial charge in [0.1, 0.15) is 5.75 Å². The van der Waals surface area contributed by atoms with Gasteiger partial charge in [-0.15, -0.1) is 12.4 Å². The van der Waals surface area contributed by atoms with E-state index in [9.17, 15) is 20.3 Å². The van der Waals surface area contributed by atoms with Crippen molar-refractivity contribution in [3.05, 3.63) is 33.9 Å². The zero-order valence-electron chi connectivity index (χ0n) is 10.2. The molecular formula is C12H17ClN2O4. The molecule has 0 radical (unpaired) electrons. The Morgan fingerprint density at radius 2 is 2.05 bits per heavy atom. The molecule has 0 aliphatic heterocycles. The van der Waals surface area contributed by atoms with E-state index in [0.717, 1.165) is 19.3 Å². The number of hydrogen-bond acceptors (Lipinski definition) is 5. The molecule has 0 bridgehead atoms. The Kier molecular flexibility index (Phi) is 5.11. The Hall–Kier alpha value is -1.37. The second kappa shape index (κ2) is 6.18. The van der Waals surface area contributed by atoms with Crippen molar-refractivity contribution in [3.63, 3.8) is 0 Å². The van der Waals surface area contributed by atoms with Crippen LogP contribution >= 0.6 is 12.4 Å². The first-order chi connectivity index (χ1) is 8.50. The third-order valence-corrected chi connectivity index (χ3v) is 3.57. The molecule has 4 N–H and O–H groups in total. The van der Waals surface area contributed by atoms with Gasteiger partial charge < -0.3 is 15.9 Å². The van der Waals surface area contributed by atoms with Crippen molar-refractivity contribution in [1.82, 2.24) is 0 Å². The Morgan fingerprint density at radius 1 is 1.42 bits per heavy atom. The minimum Gasteiger partial charge on any atom is -0.508 e. The molecule has 0 unspecified atom stereocenters. The maximum atomic E-state index is 10.9. The number of phenolic OH excluding ortho intramolecular Hbond substituents is 1. The topological polar surface area (TPSA) is 110 Å². The van der Waals surface area contributed by atoms with Crippen LogP contribution in [0.1, 0.15) is 30.9 Å². The minimum atomic E-state index is -0.845. The second-order valence-corrected chi connectivity index (χ2v) is 4.71. The molecule has 2 rings (SSSR count). The Labute approximate surface area is 116 Å². The standard InChI is InChI=1S/C12H16N2O4.ClH/c13-11(12(16)7-2-1-3-7)9-6-8(15)4-5-10(9)14(17)18;/h4-7,11-12,15-16H,1-3,13H2;1H/t11-,12+;/m0./s1. The smallest absolute Gasteiger partial charge is 0.274 e. The molecule has 1 fully saturated rings. The normalized spacial score (nSPS) is 18.0. The van der Waals surface area contributed by atoms with E-state index in [4.69, 9.17) is 5.73 Å². The average molecular weight is 289 g/mol. The average Bonchev–Trinajstić information content (AvgIpc) is 2.25. The highest BCUT2D eigenvalue weighted by Gasteiger charge is 2.33. The lowest BCUT2D eigenvalue weighted by molar-refractivity contribution is -0.385. The van der Waals surface area contributed by atoms with Crippen LogP contribution in [0.5, 0.6) is 5.75 Å². The molecule has 106 valence electrons. The van der Waals surface area contributed by atoms with Gasteiger partial charge in [0.25, 0.3) is 5.69 Å².